The minimum Gasteiger partial charge on any atom is -0.481 e. The van der Waals surface area contributed by atoms with E-state index in [4.69, 9.17) is 5.11 Å². The molecule has 2 heterocycles. The van der Waals surface area contributed by atoms with Gasteiger partial charge in [-0.05, 0) is 31.4 Å². The van der Waals surface area contributed by atoms with Crippen molar-refractivity contribution in [1.29, 1.82) is 0 Å². The molecule has 2 rings (SSSR count). The summed E-state index contributed by atoms with van der Waals surface area (Å²) in [4.78, 5) is 12.9. The second-order valence-electron chi connectivity index (χ2n) is 4.80. The van der Waals surface area contributed by atoms with Gasteiger partial charge >= 0.3 is 5.97 Å². The Morgan fingerprint density at radius 3 is 3.12 bits per heavy atom. The maximum absolute atomic E-state index is 10.5. The minimum atomic E-state index is -0.687. The van der Waals surface area contributed by atoms with Gasteiger partial charge in [0.05, 0.1) is 5.69 Å². The van der Waals surface area contributed by atoms with Gasteiger partial charge in [-0.2, -0.15) is 5.10 Å². The number of carboxylic acids is 1. The summed E-state index contributed by atoms with van der Waals surface area (Å²) >= 11 is 0. The van der Waals surface area contributed by atoms with Crippen molar-refractivity contribution >= 4 is 5.97 Å². The Kier molecular flexibility index (Phi) is 3.78. The Morgan fingerprint density at radius 2 is 2.47 bits per heavy atom. The Bertz CT molecular complexity index is 389. The quantitative estimate of drug-likeness (QED) is 0.833. The van der Waals surface area contributed by atoms with E-state index in [9.17, 15) is 4.79 Å². The first-order chi connectivity index (χ1) is 8.13. The van der Waals surface area contributed by atoms with Crippen LogP contribution in [0, 0.1) is 5.92 Å². The van der Waals surface area contributed by atoms with Gasteiger partial charge in [-0.25, -0.2) is 0 Å². The third-order valence-electron chi connectivity index (χ3n) is 3.29. The van der Waals surface area contributed by atoms with Crippen LogP contribution in [0.3, 0.4) is 0 Å². The van der Waals surface area contributed by atoms with Crippen molar-refractivity contribution in [1.82, 2.24) is 14.7 Å². The zero-order chi connectivity index (χ0) is 12.3. The molecule has 0 aliphatic carbocycles. The minimum absolute atomic E-state index is 0.294. The highest BCUT2D eigenvalue weighted by Gasteiger charge is 2.23. The molecule has 0 bridgehead atoms. The predicted octanol–water partition coefficient (Wildman–Crippen LogP) is 1.11. The van der Waals surface area contributed by atoms with Crippen LogP contribution in [0.2, 0.25) is 0 Å². The number of likely N-dealkylation sites (tertiary alicyclic amines) is 1. The molecule has 5 heteroatoms. The summed E-state index contributed by atoms with van der Waals surface area (Å²) in [6.07, 6.45) is 4.16. The zero-order valence-corrected chi connectivity index (χ0v) is 10.2. The zero-order valence-electron chi connectivity index (χ0n) is 10.2. The molecule has 1 aromatic heterocycles. The predicted molar refractivity (Wildman–Crippen MR) is 63.5 cm³/mol. The Labute approximate surface area is 101 Å². The van der Waals surface area contributed by atoms with Gasteiger partial charge in [0.2, 0.25) is 0 Å². The van der Waals surface area contributed by atoms with E-state index in [0.717, 1.165) is 38.2 Å². The molecule has 1 aromatic rings. The van der Waals surface area contributed by atoms with E-state index in [1.165, 1.54) is 0 Å². The van der Waals surface area contributed by atoms with Crippen LogP contribution >= 0.6 is 0 Å². The summed E-state index contributed by atoms with van der Waals surface area (Å²) in [7, 11) is 1.92. The summed E-state index contributed by atoms with van der Waals surface area (Å²) in [6, 6.07) is 2.03. The molecule has 1 N–H and O–H groups in total. The van der Waals surface area contributed by atoms with Crippen molar-refractivity contribution < 1.29 is 9.90 Å². The molecule has 0 spiro atoms. The first-order valence-corrected chi connectivity index (χ1v) is 6.06. The molecule has 1 unspecified atom stereocenters. The van der Waals surface area contributed by atoms with Crippen LogP contribution in [0.25, 0.3) is 0 Å². The molecular weight excluding hydrogens is 218 g/mol. The summed E-state index contributed by atoms with van der Waals surface area (Å²) < 4.78 is 1.81. The van der Waals surface area contributed by atoms with Gasteiger partial charge in [-0.15, -0.1) is 0 Å². The molecule has 1 aliphatic rings. The van der Waals surface area contributed by atoms with Crippen molar-refractivity contribution in [2.24, 2.45) is 13.0 Å². The highest BCUT2D eigenvalue weighted by molar-refractivity contribution is 5.66. The molecule has 94 valence electrons. The third-order valence-corrected chi connectivity index (χ3v) is 3.29. The van der Waals surface area contributed by atoms with Crippen LogP contribution in [-0.2, 0) is 18.4 Å². The van der Waals surface area contributed by atoms with Crippen LogP contribution in [0.1, 0.15) is 25.0 Å². The van der Waals surface area contributed by atoms with Crippen molar-refractivity contribution in [2.75, 3.05) is 13.1 Å². The first kappa shape index (κ1) is 12.1. The van der Waals surface area contributed by atoms with E-state index in [2.05, 4.69) is 10.00 Å². The first-order valence-electron chi connectivity index (χ1n) is 6.06. The van der Waals surface area contributed by atoms with Crippen LogP contribution < -0.4 is 0 Å². The van der Waals surface area contributed by atoms with E-state index in [1.54, 1.807) is 0 Å². The largest absolute Gasteiger partial charge is 0.481 e. The molecule has 1 atom stereocenters. The maximum atomic E-state index is 10.5. The molecule has 0 aromatic carbocycles. The van der Waals surface area contributed by atoms with E-state index in [1.807, 2.05) is 24.0 Å². The standard InChI is InChI=1S/C12H19N3O2/c1-14-6-5-11(13-14)9-15-7-4-10(8-15)2-3-12(16)17/h5-6,10H,2-4,7-9H2,1H3,(H,16,17). The van der Waals surface area contributed by atoms with E-state index in [0.29, 0.717) is 12.3 Å². The lowest BCUT2D eigenvalue weighted by Gasteiger charge is -2.14. The molecule has 0 saturated carbocycles. The highest BCUT2D eigenvalue weighted by atomic mass is 16.4. The lowest BCUT2D eigenvalue weighted by atomic mass is 10.0. The second-order valence-corrected chi connectivity index (χ2v) is 4.80. The number of aliphatic carboxylic acids is 1. The van der Waals surface area contributed by atoms with Crippen LogP contribution in [0.15, 0.2) is 12.3 Å². The highest BCUT2D eigenvalue weighted by Crippen LogP contribution is 2.22. The fourth-order valence-corrected chi connectivity index (χ4v) is 2.40. The molecule has 1 saturated heterocycles. The smallest absolute Gasteiger partial charge is 0.303 e. The van der Waals surface area contributed by atoms with Gasteiger partial charge in [0, 0.05) is 32.8 Å². The summed E-state index contributed by atoms with van der Waals surface area (Å²) in [5.41, 5.74) is 1.09. The molecular formula is C12H19N3O2. The van der Waals surface area contributed by atoms with E-state index < -0.39 is 5.97 Å². The fraction of sp³-hybridized carbons (Fsp3) is 0.667. The SMILES string of the molecule is Cn1ccc(CN2CCC(CCC(=O)O)C2)n1. The number of aryl methyl sites for hydroxylation is 1. The third kappa shape index (κ3) is 3.56. The maximum Gasteiger partial charge on any atom is 0.303 e. The average molecular weight is 237 g/mol. The van der Waals surface area contributed by atoms with Crippen LogP contribution in [0.5, 0.6) is 0 Å². The lowest BCUT2D eigenvalue weighted by molar-refractivity contribution is -0.137. The molecule has 17 heavy (non-hydrogen) atoms. The van der Waals surface area contributed by atoms with Gasteiger partial charge in [0.25, 0.3) is 0 Å². The topological polar surface area (TPSA) is 58.4 Å². The molecule has 0 radical (unpaired) electrons. The van der Waals surface area contributed by atoms with Gasteiger partial charge < -0.3 is 5.11 Å². The number of carboxylic acid groups (broad SMARTS) is 1. The van der Waals surface area contributed by atoms with Gasteiger partial charge in [-0.1, -0.05) is 0 Å². The number of rotatable bonds is 5. The Hall–Kier alpha value is -1.36. The lowest BCUT2D eigenvalue weighted by Crippen LogP contribution is -2.20. The summed E-state index contributed by atoms with van der Waals surface area (Å²) in [6.45, 7) is 2.94. The van der Waals surface area contributed by atoms with Crippen molar-refractivity contribution in [3.63, 3.8) is 0 Å². The number of carbonyl (C=O) groups is 1. The van der Waals surface area contributed by atoms with Gasteiger partial charge in [-0.3, -0.25) is 14.4 Å². The Morgan fingerprint density at radius 1 is 1.65 bits per heavy atom. The summed E-state index contributed by atoms with van der Waals surface area (Å²) in [5.74, 6) is -0.150. The molecule has 5 nitrogen and oxygen atoms in total. The van der Waals surface area contributed by atoms with E-state index in [-0.39, 0.29) is 0 Å². The normalized spacial score (nSPS) is 20.9. The Balaban J connectivity index is 1.76. The second kappa shape index (κ2) is 5.31. The molecule has 1 aliphatic heterocycles. The van der Waals surface area contributed by atoms with E-state index >= 15 is 0 Å². The molecule has 1 fully saturated rings. The van der Waals surface area contributed by atoms with Gasteiger partial charge in [0.1, 0.15) is 0 Å². The molecule has 0 amide bonds. The number of hydrogen-bond donors (Lipinski definition) is 1. The van der Waals surface area contributed by atoms with Crippen LogP contribution in [-0.4, -0.2) is 38.8 Å². The van der Waals surface area contributed by atoms with Gasteiger partial charge in [0.15, 0.2) is 0 Å². The monoisotopic (exact) mass is 237 g/mol. The number of nitrogens with zero attached hydrogens (tertiary/aromatic N) is 3. The number of hydrogen-bond acceptors (Lipinski definition) is 3. The number of aromatic nitrogens is 2. The van der Waals surface area contributed by atoms with Crippen LogP contribution in [0.4, 0.5) is 0 Å². The van der Waals surface area contributed by atoms with Crippen molar-refractivity contribution in [2.45, 2.75) is 25.8 Å². The average Bonchev–Trinajstić information content (AvgIpc) is 2.86. The fourth-order valence-electron chi connectivity index (χ4n) is 2.40. The van der Waals surface area contributed by atoms with Crippen molar-refractivity contribution in [3.8, 4) is 0 Å². The van der Waals surface area contributed by atoms with Crippen molar-refractivity contribution in [3.05, 3.63) is 18.0 Å². The summed E-state index contributed by atoms with van der Waals surface area (Å²) in [5, 5.41) is 13.0.